The molecule has 0 aliphatic rings. The number of nitrogens with one attached hydrogen (secondary N) is 1. The van der Waals surface area contributed by atoms with E-state index >= 15 is 0 Å². The Bertz CT molecular complexity index is 964. The van der Waals surface area contributed by atoms with Crippen molar-refractivity contribution < 1.29 is 8.42 Å². The van der Waals surface area contributed by atoms with Crippen molar-refractivity contribution in [2.24, 2.45) is 0 Å². The van der Waals surface area contributed by atoms with Gasteiger partial charge in [-0.3, -0.25) is 0 Å². The summed E-state index contributed by atoms with van der Waals surface area (Å²) in [6.45, 7) is 4.13. The first-order chi connectivity index (χ1) is 10.9. The van der Waals surface area contributed by atoms with E-state index in [9.17, 15) is 8.42 Å². The lowest BCUT2D eigenvalue weighted by atomic mass is 10.1. The summed E-state index contributed by atoms with van der Waals surface area (Å²) in [4.78, 5) is 12.5. The summed E-state index contributed by atoms with van der Waals surface area (Å²) in [7, 11) is -2.38. The lowest BCUT2D eigenvalue weighted by molar-refractivity contribution is 0.579. The number of sulfonamides is 1. The molecule has 3 heterocycles. The van der Waals surface area contributed by atoms with E-state index in [1.54, 1.807) is 29.0 Å². The average Bonchev–Trinajstić information content (AvgIpc) is 2.98. The van der Waals surface area contributed by atoms with Crippen LogP contribution in [0.25, 0.3) is 17.0 Å². The lowest BCUT2D eigenvalue weighted by Gasteiger charge is -2.05. The van der Waals surface area contributed by atoms with Crippen LogP contribution in [0, 0.1) is 0 Å². The second-order valence-electron chi connectivity index (χ2n) is 5.27. The highest BCUT2D eigenvalue weighted by Gasteiger charge is 2.17. The molecule has 0 fully saturated rings. The van der Waals surface area contributed by atoms with Crippen molar-refractivity contribution >= 4 is 15.7 Å². The molecular weight excluding hydrogens is 316 g/mol. The van der Waals surface area contributed by atoms with Crippen LogP contribution in [0.5, 0.6) is 0 Å². The lowest BCUT2D eigenvalue weighted by Crippen LogP contribution is -2.21. The number of aromatic nitrogens is 5. The molecule has 0 aliphatic carbocycles. The van der Waals surface area contributed by atoms with Gasteiger partial charge in [-0.05, 0) is 25.1 Å². The van der Waals surface area contributed by atoms with E-state index in [1.807, 2.05) is 0 Å². The van der Waals surface area contributed by atoms with E-state index in [2.05, 4.69) is 38.6 Å². The maximum Gasteiger partial charge on any atom is 0.276 e. The minimum atomic E-state index is -3.70. The van der Waals surface area contributed by atoms with Crippen LogP contribution in [0.3, 0.4) is 0 Å². The Kier molecular flexibility index (Phi) is 3.82. The fraction of sp³-hybridized carbons (Fsp3) is 0.286. The van der Waals surface area contributed by atoms with Gasteiger partial charge in [0, 0.05) is 18.0 Å². The van der Waals surface area contributed by atoms with E-state index in [0.717, 1.165) is 11.2 Å². The Morgan fingerprint density at radius 2 is 1.91 bits per heavy atom. The second-order valence-corrected chi connectivity index (χ2v) is 7.05. The molecule has 23 heavy (non-hydrogen) atoms. The quantitative estimate of drug-likeness (QED) is 0.721. The minimum absolute atomic E-state index is 0.279. The zero-order chi connectivity index (χ0) is 16.6. The van der Waals surface area contributed by atoms with Crippen molar-refractivity contribution in [1.29, 1.82) is 0 Å². The summed E-state index contributed by atoms with van der Waals surface area (Å²) in [5, 5.41) is 3.98. The van der Waals surface area contributed by atoms with E-state index in [-0.39, 0.29) is 11.1 Å². The van der Waals surface area contributed by atoms with Gasteiger partial charge in [0.25, 0.3) is 15.2 Å². The molecule has 0 spiro atoms. The largest absolute Gasteiger partial charge is 0.276 e. The Labute approximate surface area is 133 Å². The summed E-state index contributed by atoms with van der Waals surface area (Å²) in [5.41, 5.74) is 2.75. The van der Waals surface area contributed by atoms with Crippen molar-refractivity contribution in [3.05, 3.63) is 36.3 Å². The maximum absolute atomic E-state index is 11.8. The number of rotatable bonds is 4. The van der Waals surface area contributed by atoms with Crippen molar-refractivity contribution in [3.8, 4) is 11.4 Å². The Hall–Kier alpha value is -2.39. The van der Waals surface area contributed by atoms with Gasteiger partial charge in [-0.25, -0.2) is 32.6 Å². The van der Waals surface area contributed by atoms with Gasteiger partial charge in [-0.15, -0.1) is 0 Å². The van der Waals surface area contributed by atoms with Gasteiger partial charge in [-0.1, -0.05) is 13.8 Å². The molecule has 3 aromatic heterocycles. The van der Waals surface area contributed by atoms with Crippen LogP contribution < -0.4 is 4.72 Å². The summed E-state index contributed by atoms with van der Waals surface area (Å²) in [6.07, 6.45) is 4.96. The highest BCUT2D eigenvalue weighted by Crippen LogP contribution is 2.22. The third-order valence-electron chi connectivity index (χ3n) is 3.42. The van der Waals surface area contributed by atoms with Crippen molar-refractivity contribution in [2.75, 3.05) is 7.05 Å². The SMILES string of the molecule is CNS(=O)(=O)c1nccc(-c2ccn3ncc(C(C)C)c3n2)n1. The maximum atomic E-state index is 11.8. The fourth-order valence-corrected chi connectivity index (χ4v) is 2.74. The van der Waals surface area contributed by atoms with Gasteiger partial charge in [0.2, 0.25) is 0 Å². The molecule has 9 heteroatoms. The minimum Gasteiger partial charge on any atom is -0.227 e. The molecule has 0 saturated carbocycles. The summed E-state index contributed by atoms with van der Waals surface area (Å²) >= 11 is 0. The summed E-state index contributed by atoms with van der Waals surface area (Å²) in [5.74, 6) is 0.279. The molecule has 3 aromatic rings. The van der Waals surface area contributed by atoms with Gasteiger partial charge in [0.1, 0.15) is 0 Å². The van der Waals surface area contributed by atoms with Crippen LogP contribution in [-0.4, -0.2) is 40.0 Å². The molecule has 0 unspecified atom stereocenters. The smallest absolute Gasteiger partial charge is 0.227 e. The van der Waals surface area contributed by atoms with Gasteiger partial charge < -0.3 is 0 Å². The molecule has 0 bridgehead atoms. The predicted octanol–water partition coefficient (Wildman–Crippen LogP) is 1.22. The van der Waals surface area contributed by atoms with E-state index in [4.69, 9.17) is 0 Å². The molecule has 0 amide bonds. The Balaban J connectivity index is 2.14. The monoisotopic (exact) mass is 332 g/mol. The van der Waals surface area contributed by atoms with E-state index < -0.39 is 10.0 Å². The van der Waals surface area contributed by atoms with Crippen LogP contribution in [-0.2, 0) is 10.0 Å². The third kappa shape index (κ3) is 2.80. The van der Waals surface area contributed by atoms with Gasteiger partial charge in [0.05, 0.1) is 17.6 Å². The Morgan fingerprint density at radius 1 is 1.17 bits per heavy atom. The topological polar surface area (TPSA) is 102 Å². The van der Waals surface area contributed by atoms with Crippen molar-refractivity contribution in [2.45, 2.75) is 24.9 Å². The van der Waals surface area contributed by atoms with Crippen LogP contribution in [0.2, 0.25) is 0 Å². The first-order valence-corrected chi connectivity index (χ1v) is 8.52. The molecule has 0 saturated heterocycles. The Morgan fingerprint density at radius 3 is 2.61 bits per heavy atom. The number of hydrogen-bond acceptors (Lipinski definition) is 6. The number of nitrogens with zero attached hydrogens (tertiary/aromatic N) is 5. The average molecular weight is 332 g/mol. The zero-order valence-corrected chi connectivity index (χ0v) is 13.7. The first-order valence-electron chi connectivity index (χ1n) is 7.03. The van der Waals surface area contributed by atoms with Gasteiger partial charge in [-0.2, -0.15) is 5.10 Å². The molecule has 0 aliphatic heterocycles. The second kappa shape index (κ2) is 5.67. The highest BCUT2D eigenvalue weighted by molar-refractivity contribution is 7.89. The number of fused-ring (bicyclic) bond motifs is 1. The molecule has 120 valence electrons. The molecule has 1 N–H and O–H groups in total. The normalized spacial score (nSPS) is 12.2. The van der Waals surface area contributed by atoms with Gasteiger partial charge in [0.15, 0.2) is 5.65 Å². The molecule has 3 rings (SSSR count). The van der Waals surface area contributed by atoms with Crippen LogP contribution in [0.1, 0.15) is 25.3 Å². The standard InChI is InChI=1S/C14H16N6O2S/c1-9(2)10-8-17-20-7-5-12(18-13(10)20)11-4-6-16-14(19-11)23(21,22)15-3/h4-9,15H,1-3H3. The van der Waals surface area contributed by atoms with E-state index in [0.29, 0.717) is 11.4 Å². The van der Waals surface area contributed by atoms with Crippen LogP contribution in [0.15, 0.2) is 35.9 Å². The van der Waals surface area contributed by atoms with Crippen LogP contribution in [0.4, 0.5) is 0 Å². The molecule has 8 nitrogen and oxygen atoms in total. The van der Waals surface area contributed by atoms with Crippen molar-refractivity contribution in [1.82, 2.24) is 29.3 Å². The molecule has 0 radical (unpaired) electrons. The molecular formula is C14H16N6O2S. The fourth-order valence-electron chi connectivity index (χ4n) is 2.14. The summed E-state index contributed by atoms with van der Waals surface area (Å²) in [6, 6.07) is 3.36. The summed E-state index contributed by atoms with van der Waals surface area (Å²) < 4.78 is 27.5. The number of hydrogen-bond donors (Lipinski definition) is 1. The highest BCUT2D eigenvalue weighted by atomic mass is 32.2. The van der Waals surface area contributed by atoms with Crippen LogP contribution >= 0.6 is 0 Å². The molecule has 0 aromatic carbocycles. The van der Waals surface area contributed by atoms with Gasteiger partial charge >= 0.3 is 0 Å². The van der Waals surface area contributed by atoms with E-state index in [1.165, 1.54) is 13.2 Å². The predicted molar refractivity (Wildman–Crippen MR) is 84.3 cm³/mol. The van der Waals surface area contributed by atoms with Crippen molar-refractivity contribution in [3.63, 3.8) is 0 Å². The zero-order valence-electron chi connectivity index (χ0n) is 12.9. The first kappa shape index (κ1) is 15.5. The molecule has 0 atom stereocenters. The third-order valence-corrected chi connectivity index (χ3v) is 4.64.